The first-order valence-corrected chi connectivity index (χ1v) is 5.76. The molecule has 0 aliphatic heterocycles. The van der Waals surface area contributed by atoms with Crippen LogP contribution in [0.25, 0.3) is 0 Å². The first-order valence-electron chi connectivity index (χ1n) is 4.09. The minimum Gasteiger partial charge on any atom is -0.356 e. The molecule has 0 aliphatic rings. The molecular formula is C9H8BrN3S. The molecule has 1 N–H and O–H groups in total. The lowest BCUT2D eigenvalue weighted by molar-refractivity contribution is 1.04. The first-order chi connectivity index (χ1) is 6.84. The number of hydrogen-bond donors (Lipinski definition) is 1. The van der Waals surface area contributed by atoms with Gasteiger partial charge in [0.1, 0.15) is 4.60 Å². The van der Waals surface area contributed by atoms with Crippen molar-refractivity contribution in [3.05, 3.63) is 40.1 Å². The Kier molecular flexibility index (Phi) is 3.10. The molecular weight excluding hydrogens is 262 g/mol. The average Bonchev–Trinajstić information content (AvgIpc) is 2.63. The van der Waals surface area contributed by atoms with Crippen molar-refractivity contribution in [1.82, 2.24) is 9.97 Å². The summed E-state index contributed by atoms with van der Waals surface area (Å²) in [6.07, 6.45) is 1.79. The highest BCUT2D eigenvalue weighted by Crippen LogP contribution is 2.19. The third kappa shape index (κ3) is 2.52. The van der Waals surface area contributed by atoms with Gasteiger partial charge in [0.05, 0.1) is 12.2 Å². The molecule has 0 radical (unpaired) electrons. The summed E-state index contributed by atoms with van der Waals surface area (Å²) in [6, 6.07) is 5.86. The molecule has 14 heavy (non-hydrogen) atoms. The van der Waals surface area contributed by atoms with Crippen LogP contribution in [0.4, 0.5) is 5.13 Å². The highest BCUT2D eigenvalue weighted by Gasteiger charge is 1.98. The van der Waals surface area contributed by atoms with Crippen molar-refractivity contribution in [2.75, 3.05) is 5.32 Å². The average molecular weight is 270 g/mol. The SMILES string of the molecule is Brc1csc(NCc2ccccn2)n1. The second-order valence-electron chi connectivity index (χ2n) is 2.65. The molecule has 0 aliphatic carbocycles. The number of halogens is 1. The normalized spacial score (nSPS) is 10.1. The van der Waals surface area contributed by atoms with Gasteiger partial charge in [0.25, 0.3) is 0 Å². The van der Waals surface area contributed by atoms with Crippen LogP contribution in [-0.4, -0.2) is 9.97 Å². The number of aromatic nitrogens is 2. The maximum atomic E-state index is 4.22. The lowest BCUT2D eigenvalue weighted by Crippen LogP contribution is -2.00. The van der Waals surface area contributed by atoms with Crippen LogP contribution in [-0.2, 0) is 6.54 Å². The van der Waals surface area contributed by atoms with Gasteiger partial charge in [-0.25, -0.2) is 4.98 Å². The Labute approximate surface area is 94.4 Å². The molecule has 72 valence electrons. The highest BCUT2D eigenvalue weighted by molar-refractivity contribution is 9.10. The van der Waals surface area contributed by atoms with Crippen molar-refractivity contribution < 1.29 is 0 Å². The standard InChI is InChI=1S/C9H8BrN3S/c10-8-6-14-9(13-8)12-5-7-3-1-2-4-11-7/h1-4,6H,5H2,(H,12,13). The van der Waals surface area contributed by atoms with Gasteiger partial charge in [0.15, 0.2) is 5.13 Å². The summed E-state index contributed by atoms with van der Waals surface area (Å²) >= 11 is 4.87. The molecule has 2 aromatic heterocycles. The minimum absolute atomic E-state index is 0.709. The second kappa shape index (κ2) is 4.52. The zero-order valence-corrected chi connectivity index (χ0v) is 9.68. The number of pyridine rings is 1. The van der Waals surface area contributed by atoms with Crippen molar-refractivity contribution in [1.29, 1.82) is 0 Å². The summed E-state index contributed by atoms with van der Waals surface area (Å²) in [6.45, 7) is 0.709. The fraction of sp³-hybridized carbons (Fsp3) is 0.111. The summed E-state index contributed by atoms with van der Waals surface area (Å²) in [4.78, 5) is 8.43. The van der Waals surface area contributed by atoms with E-state index in [1.807, 2.05) is 23.6 Å². The summed E-state index contributed by atoms with van der Waals surface area (Å²) in [5.41, 5.74) is 1.01. The number of nitrogens with zero attached hydrogens (tertiary/aromatic N) is 2. The molecule has 2 rings (SSSR count). The van der Waals surface area contributed by atoms with E-state index in [2.05, 4.69) is 31.2 Å². The van der Waals surface area contributed by atoms with Crippen molar-refractivity contribution in [3.63, 3.8) is 0 Å². The molecule has 3 nitrogen and oxygen atoms in total. The third-order valence-corrected chi connectivity index (χ3v) is 3.13. The number of hydrogen-bond acceptors (Lipinski definition) is 4. The summed E-state index contributed by atoms with van der Waals surface area (Å²) in [5, 5.41) is 6.05. The Balaban J connectivity index is 1.95. The third-order valence-electron chi connectivity index (χ3n) is 1.62. The predicted octanol–water partition coefficient (Wildman–Crippen LogP) is 2.91. The quantitative estimate of drug-likeness (QED) is 0.931. The van der Waals surface area contributed by atoms with E-state index in [0.717, 1.165) is 15.4 Å². The van der Waals surface area contributed by atoms with E-state index in [4.69, 9.17) is 0 Å². The zero-order valence-electron chi connectivity index (χ0n) is 7.27. The van der Waals surface area contributed by atoms with Crippen LogP contribution in [0.3, 0.4) is 0 Å². The van der Waals surface area contributed by atoms with E-state index in [0.29, 0.717) is 6.54 Å². The van der Waals surface area contributed by atoms with Gasteiger partial charge in [-0.1, -0.05) is 6.07 Å². The molecule has 0 aromatic carbocycles. The van der Waals surface area contributed by atoms with Gasteiger partial charge in [-0.05, 0) is 28.1 Å². The largest absolute Gasteiger partial charge is 0.356 e. The number of nitrogens with one attached hydrogen (secondary N) is 1. The molecule has 0 unspecified atom stereocenters. The van der Waals surface area contributed by atoms with Gasteiger partial charge in [0, 0.05) is 11.6 Å². The van der Waals surface area contributed by atoms with Crippen molar-refractivity contribution in [2.24, 2.45) is 0 Å². The molecule has 0 saturated carbocycles. The topological polar surface area (TPSA) is 37.8 Å². The number of anilines is 1. The maximum Gasteiger partial charge on any atom is 0.184 e. The minimum atomic E-state index is 0.709. The van der Waals surface area contributed by atoms with Gasteiger partial charge >= 0.3 is 0 Å². The molecule has 0 spiro atoms. The monoisotopic (exact) mass is 269 g/mol. The van der Waals surface area contributed by atoms with Crippen LogP contribution in [0.5, 0.6) is 0 Å². The number of rotatable bonds is 3. The molecule has 0 saturated heterocycles. The lowest BCUT2D eigenvalue weighted by atomic mass is 10.3. The Morgan fingerprint density at radius 1 is 1.43 bits per heavy atom. The van der Waals surface area contributed by atoms with E-state index in [-0.39, 0.29) is 0 Å². The predicted molar refractivity (Wildman–Crippen MR) is 61.4 cm³/mol. The van der Waals surface area contributed by atoms with Gasteiger partial charge in [-0.3, -0.25) is 4.98 Å². The van der Waals surface area contributed by atoms with Crippen LogP contribution < -0.4 is 5.32 Å². The van der Waals surface area contributed by atoms with Crippen LogP contribution in [0.1, 0.15) is 5.69 Å². The van der Waals surface area contributed by atoms with E-state index in [1.54, 1.807) is 17.5 Å². The maximum absolute atomic E-state index is 4.22. The fourth-order valence-corrected chi connectivity index (χ4v) is 2.15. The van der Waals surface area contributed by atoms with E-state index in [9.17, 15) is 0 Å². The first kappa shape index (κ1) is 9.61. The molecule has 0 fully saturated rings. The smallest absolute Gasteiger partial charge is 0.184 e. The number of thiazole rings is 1. The Morgan fingerprint density at radius 3 is 3.00 bits per heavy atom. The summed E-state index contributed by atoms with van der Waals surface area (Å²) < 4.78 is 0.867. The Hall–Kier alpha value is -0.940. The van der Waals surface area contributed by atoms with E-state index >= 15 is 0 Å². The van der Waals surface area contributed by atoms with E-state index < -0.39 is 0 Å². The van der Waals surface area contributed by atoms with Crippen molar-refractivity contribution >= 4 is 32.4 Å². The van der Waals surface area contributed by atoms with Crippen LogP contribution in [0, 0.1) is 0 Å². The molecule has 2 aromatic rings. The highest BCUT2D eigenvalue weighted by atomic mass is 79.9. The zero-order chi connectivity index (χ0) is 9.80. The van der Waals surface area contributed by atoms with Gasteiger partial charge in [0.2, 0.25) is 0 Å². The Bertz CT molecular complexity index is 401. The van der Waals surface area contributed by atoms with Gasteiger partial charge in [-0.2, -0.15) is 0 Å². The molecule has 0 bridgehead atoms. The summed E-state index contributed by atoms with van der Waals surface area (Å²) in [5.74, 6) is 0. The molecule has 5 heteroatoms. The molecule has 0 atom stereocenters. The van der Waals surface area contributed by atoms with Crippen molar-refractivity contribution in [3.8, 4) is 0 Å². The van der Waals surface area contributed by atoms with Gasteiger partial charge < -0.3 is 5.32 Å². The molecule has 0 amide bonds. The van der Waals surface area contributed by atoms with Crippen molar-refractivity contribution in [2.45, 2.75) is 6.54 Å². The fourth-order valence-electron chi connectivity index (χ4n) is 1.00. The van der Waals surface area contributed by atoms with E-state index in [1.165, 1.54) is 0 Å². The Morgan fingerprint density at radius 2 is 2.36 bits per heavy atom. The van der Waals surface area contributed by atoms with Crippen LogP contribution in [0.2, 0.25) is 0 Å². The summed E-state index contributed by atoms with van der Waals surface area (Å²) in [7, 11) is 0. The van der Waals surface area contributed by atoms with Crippen LogP contribution in [0.15, 0.2) is 34.4 Å². The second-order valence-corrected chi connectivity index (χ2v) is 4.32. The van der Waals surface area contributed by atoms with Crippen LogP contribution >= 0.6 is 27.3 Å². The lowest BCUT2D eigenvalue weighted by Gasteiger charge is -2.00. The molecule has 2 heterocycles. The van der Waals surface area contributed by atoms with Gasteiger partial charge in [-0.15, -0.1) is 11.3 Å².